The highest BCUT2D eigenvalue weighted by Gasteiger charge is 2.34. The third-order valence-electron chi connectivity index (χ3n) is 6.38. The van der Waals surface area contributed by atoms with Crippen LogP contribution in [-0.4, -0.2) is 40.0 Å². The predicted molar refractivity (Wildman–Crippen MR) is 136 cm³/mol. The number of hydrogen-bond acceptors (Lipinski definition) is 6. The lowest BCUT2D eigenvalue weighted by atomic mass is 10.0. The van der Waals surface area contributed by atoms with Gasteiger partial charge in [-0.25, -0.2) is 18.4 Å². The maximum Gasteiger partial charge on any atom is 0.418 e. The van der Waals surface area contributed by atoms with Crippen molar-refractivity contribution in [1.29, 1.82) is 0 Å². The summed E-state index contributed by atoms with van der Waals surface area (Å²) in [7, 11) is -3.55. The molecule has 0 bridgehead atoms. The van der Waals surface area contributed by atoms with E-state index in [1.54, 1.807) is 0 Å². The Morgan fingerprint density at radius 3 is 2.33 bits per heavy atom. The first kappa shape index (κ1) is 27.8. The van der Waals surface area contributed by atoms with Gasteiger partial charge >= 0.3 is 12.4 Å². The number of anilines is 2. The summed E-state index contributed by atoms with van der Waals surface area (Å²) >= 11 is 0. The maximum absolute atomic E-state index is 13.6. The SMILES string of the molecule is O=S1(=O)CCCCN1Cc1nc(Nc2ccc(C(F)(F)F)cc2)c2ccc(-c3ncccc3C(F)(F)F)cc2n1. The second-order valence-electron chi connectivity index (χ2n) is 9.17. The molecule has 2 aromatic heterocycles. The van der Waals surface area contributed by atoms with E-state index in [2.05, 4.69) is 20.3 Å². The second-order valence-corrected chi connectivity index (χ2v) is 11.3. The molecule has 5 rings (SSSR count). The van der Waals surface area contributed by atoms with E-state index in [-0.39, 0.29) is 52.9 Å². The van der Waals surface area contributed by atoms with Crippen molar-refractivity contribution < 1.29 is 34.8 Å². The van der Waals surface area contributed by atoms with Gasteiger partial charge in [0.15, 0.2) is 0 Å². The fourth-order valence-corrected chi connectivity index (χ4v) is 5.96. The van der Waals surface area contributed by atoms with E-state index in [0.29, 0.717) is 18.2 Å². The van der Waals surface area contributed by atoms with E-state index in [4.69, 9.17) is 0 Å². The second kappa shape index (κ2) is 10.3. The number of hydrogen-bond donors (Lipinski definition) is 1. The average molecular weight is 582 g/mol. The van der Waals surface area contributed by atoms with Gasteiger partial charge in [0.25, 0.3) is 0 Å². The first-order valence-electron chi connectivity index (χ1n) is 12.1. The van der Waals surface area contributed by atoms with E-state index < -0.39 is 33.5 Å². The van der Waals surface area contributed by atoms with Crippen LogP contribution >= 0.6 is 0 Å². The molecule has 4 aromatic rings. The molecular formula is C26H21F6N5O2S. The first-order valence-corrected chi connectivity index (χ1v) is 13.7. The van der Waals surface area contributed by atoms with E-state index in [1.807, 2.05) is 0 Å². The maximum atomic E-state index is 13.6. The van der Waals surface area contributed by atoms with Gasteiger partial charge in [-0.2, -0.15) is 30.6 Å². The average Bonchev–Trinajstić information content (AvgIpc) is 2.89. The van der Waals surface area contributed by atoms with Crippen molar-refractivity contribution in [3.63, 3.8) is 0 Å². The number of halogens is 6. The van der Waals surface area contributed by atoms with Crippen molar-refractivity contribution in [1.82, 2.24) is 19.3 Å². The number of nitrogens with zero attached hydrogens (tertiary/aromatic N) is 4. The minimum absolute atomic E-state index is 0.0265. The van der Waals surface area contributed by atoms with Crippen molar-refractivity contribution in [2.75, 3.05) is 17.6 Å². The van der Waals surface area contributed by atoms with Crippen molar-refractivity contribution in [3.05, 3.63) is 77.7 Å². The van der Waals surface area contributed by atoms with Gasteiger partial charge in [-0.1, -0.05) is 6.07 Å². The van der Waals surface area contributed by atoms with Gasteiger partial charge in [-0.15, -0.1) is 0 Å². The van der Waals surface area contributed by atoms with Crippen LogP contribution in [0, 0.1) is 0 Å². The molecule has 0 aliphatic carbocycles. The Kier molecular flexibility index (Phi) is 7.17. The van der Waals surface area contributed by atoms with Crippen molar-refractivity contribution in [2.45, 2.75) is 31.7 Å². The first-order chi connectivity index (χ1) is 18.8. The van der Waals surface area contributed by atoms with E-state index in [0.717, 1.165) is 18.2 Å². The summed E-state index contributed by atoms with van der Waals surface area (Å²) in [6, 6.07) is 10.6. The Labute approximate surface area is 224 Å². The molecule has 2 aromatic carbocycles. The lowest BCUT2D eigenvalue weighted by Crippen LogP contribution is -2.37. The van der Waals surface area contributed by atoms with Crippen LogP contribution < -0.4 is 5.32 Å². The van der Waals surface area contributed by atoms with Gasteiger partial charge in [-0.05, 0) is 61.4 Å². The monoisotopic (exact) mass is 581 g/mol. The molecule has 0 saturated carbocycles. The quantitative estimate of drug-likeness (QED) is 0.275. The molecule has 0 atom stereocenters. The lowest BCUT2D eigenvalue weighted by molar-refractivity contribution is -0.138. The van der Waals surface area contributed by atoms with Crippen molar-refractivity contribution in [3.8, 4) is 11.3 Å². The van der Waals surface area contributed by atoms with Crippen LogP contribution in [0.5, 0.6) is 0 Å². The zero-order valence-electron chi connectivity index (χ0n) is 20.6. The van der Waals surface area contributed by atoms with Gasteiger partial charge < -0.3 is 5.32 Å². The summed E-state index contributed by atoms with van der Waals surface area (Å²) in [5.74, 6) is 0.195. The van der Waals surface area contributed by atoms with Crippen LogP contribution in [-0.2, 0) is 28.9 Å². The number of fused-ring (bicyclic) bond motifs is 1. The Hall–Kier alpha value is -3.78. The summed E-state index contributed by atoms with van der Waals surface area (Å²) in [6.07, 6.45) is -6.78. The van der Waals surface area contributed by atoms with Crippen LogP contribution in [0.2, 0.25) is 0 Å². The third-order valence-corrected chi connectivity index (χ3v) is 8.28. The topological polar surface area (TPSA) is 88.1 Å². The Bertz CT molecular complexity index is 1660. The molecule has 0 amide bonds. The minimum Gasteiger partial charge on any atom is -0.340 e. The summed E-state index contributed by atoms with van der Waals surface area (Å²) in [5, 5.41) is 3.30. The number of benzene rings is 2. The largest absolute Gasteiger partial charge is 0.418 e. The molecule has 1 fully saturated rings. The van der Waals surface area contributed by atoms with Crippen LogP contribution in [0.3, 0.4) is 0 Å². The highest BCUT2D eigenvalue weighted by atomic mass is 32.2. The zero-order chi connectivity index (χ0) is 28.7. The van der Waals surface area contributed by atoms with Crippen LogP contribution in [0.4, 0.5) is 37.8 Å². The highest BCUT2D eigenvalue weighted by Crippen LogP contribution is 2.37. The molecule has 3 heterocycles. The molecule has 1 N–H and O–H groups in total. The number of aromatic nitrogens is 3. The molecule has 1 aliphatic heterocycles. The molecule has 14 heteroatoms. The Morgan fingerprint density at radius 1 is 0.900 bits per heavy atom. The normalized spacial score (nSPS) is 16.2. The van der Waals surface area contributed by atoms with E-state index in [1.165, 1.54) is 46.9 Å². The molecule has 0 spiro atoms. The number of nitrogens with one attached hydrogen (secondary N) is 1. The number of pyridine rings is 1. The molecule has 1 aliphatic rings. The summed E-state index contributed by atoms with van der Waals surface area (Å²) in [6.45, 7) is 0.0793. The van der Waals surface area contributed by atoms with Crippen molar-refractivity contribution >= 4 is 32.4 Å². The zero-order valence-corrected chi connectivity index (χ0v) is 21.4. The van der Waals surface area contributed by atoms with Gasteiger partial charge in [0.1, 0.15) is 11.6 Å². The molecule has 0 unspecified atom stereocenters. The van der Waals surface area contributed by atoms with Crippen molar-refractivity contribution in [2.24, 2.45) is 0 Å². The molecule has 7 nitrogen and oxygen atoms in total. The van der Waals surface area contributed by atoms with Crippen LogP contribution in [0.15, 0.2) is 60.8 Å². The van der Waals surface area contributed by atoms with E-state index >= 15 is 0 Å². The summed E-state index contributed by atoms with van der Waals surface area (Å²) in [4.78, 5) is 12.8. The number of alkyl halides is 6. The summed E-state index contributed by atoms with van der Waals surface area (Å²) < 4.78 is 106. The highest BCUT2D eigenvalue weighted by molar-refractivity contribution is 7.89. The van der Waals surface area contributed by atoms with Gasteiger partial charge in [0.05, 0.1) is 34.6 Å². The molecule has 40 heavy (non-hydrogen) atoms. The number of sulfonamides is 1. The van der Waals surface area contributed by atoms with Crippen LogP contribution in [0.25, 0.3) is 22.2 Å². The van der Waals surface area contributed by atoms with Gasteiger partial charge in [0, 0.05) is 29.4 Å². The molecule has 0 radical (unpaired) electrons. The third kappa shape index (κ3) is 5.87. The smallest absolute Gasteiger partial charge is 0.340 e. The molecular weight excluding hydrogens is 560 g/mol. The number of rotatable bonds is 5. The predicted octanol–water partition coefficient (Wildman–Crippen LogP) is 6.40. The molecule has 210 valence electrons. The van der Waals surface area contributed by atoms with Crippen LogP contribution in [0.1, 0.15) is 29.8 Å². The standard InChI is InChI=1S/C26H21F6N5O2S/c27-25(28,29)17-6-8-18(9-7-17)34-24-19-10-5-16(23-20(26(30,31)32)4-3-11-33-23)14-21(19)35-22(36-24)15-37-12-1-2-13-40(37,38)39/h3-11,14H,1-2,12-13,15H2,(H,34,35,36). The minimum atomic E-state index is -4.66. The summed E-state index contributed by atoms with van der Waals surface area (Å²) in [5.41, 5.74) is -1.51. The molecule has 1 saturated heterocycles. The van der Waals surface area contributed by atoms with Gasteiger partial charge in [0.2, 0.25) is 10.0 Å². The fraction of sp³-hybridized carbons (Fsp3) is 0.269. The lowest BCUT2D eigenvalue weighted by Gasteiger charge is -2.25. The Balaban J connectivity index is 1.60. The van der Waals surface area contributed by atoms with E-state index in [9.17, 15) is 34.8 Å². The Morgan fingerprint density at radius 2 is 1.65 bits per heavy atom. The van der Waals surface area contributed by atoms with Gasteiger partial charge in [-0.3, -0.25) is 4.98 Å². The fourth-order valence-electron chi connectivity index (χ4n) is 4.41.